The van der Waals surface area contributed by atoms with Crippen LogP contribution in [-0.4, -0.2) is 27.4 Å². The molecular formula is C15H20BrN3O2. The monoisotopic (exact) mass is 353 g/mol. The molecule has 5 nitrogen and oxygen atoms in total. The smallest absolute Gasteiger partial charge is 0.248 e. The van der Waals surface area contributed by atoms with Gasteiger partial charge in [0, 0.05) is 16.6 Å². The summed E-state index contributed by atoms with van der Waals surface area (Å²) in [6.45, 7) is 4.81. The van der Waals surface area contributed by atoms with Crippen molar-refractivity contribution in [1.82, 2.24) is 15.5 Å². The van der Waals surface area contributed by atoms with Gasteiger partial charge in [-0.1, -0.05) is 19.1 Å². The summed E-state index contributed by atoms with van der Waals surface area (Å²) in [6, 6.07) is 7.73. The van der Waals surface area contributed by atoms with Crippen LogP contribution >= 0.6 is 15.9 Å². The first-order valence-electron chi connectivity index (χ1n) is 7.01. The summed E-state index contributed by atoms with van der Waals surface area (Å²) in [5, 5.41) is 20.6. The lowest BCUT2D eigenvalue weighted by atomic mass is 9.95. The van der Waals surface area contributed by atoms with Crippen LogP contribution in [0.1, 0.15) is 32.6 Å². The molecule has 6 heteroatoms. The summed E-state index contributed by atoms with van der Waals surface area (Å²) in [6.07, 6.45) is 1.60. The van der Waals surface area contributed by atoms with Gasteiger partial charge in [0.25, 0.3) is 0 Å². The minimum absolute atomic E-state index is 0.128. The highest BCUT2D eigenvalue weighted by Crippen LogP contribution is 2.26. The highest BCUT2D eigenvalue weighted by Gasteiger charge is 2.21. The van der Waals surface area contributed by atoms with Crippen LogP contribution in [0.25, 0.3) is 11.5 Å². The fraction of sp³-hybridized carbons (Fsp3) is 0.467. The number of aliphatic hydroxyl groups excluding tert-OH is 1. The van der Waals surface area contributed by atoms with Crippen molar-refractivity contribution in [1.29, 1.82) is 0 Å². The van der Waals surface area contributed by atoms with E-state index in [1.165, 1.54) is 0 Å². The van der Waals surface area contributed by atoms with E-state index in [-0.39, 0.29) is 12.1 Å². The number of hydrogen-bond donors (Lipinski definition) is 2. The summed E-state index contributed by atoms with van der Waals surface area (Å²) < 4.78 is 6.61. The van der Waals surface area contributed by atoms with E-state index >= 15 is 0 Å². The topological polar surface area (TPSA) is 71.2 Å². The quantitative estimate of drug-likeness (QED) is 0.799. The Morgan fingerprint density at radius 2 is 2.10 bits per heavy atom. The van der Waals surface area contributed by atoms with Crippen molar-refractivity contribution in [3.05, 3.63) is 34.6 Å². The molecule has 1 heterocycles. The summed E-state index contributed by atoms with van der Waals surface area (Å²) in [4.78, 5) is 0. The SMILES string of the molecule is CCC(C)(CCO)NCc1nnc(-c2ccccc2Br)o1. The minimum Gasteiger partial charge on any atom is -0.419 e. The van der Waals surface area contributed by atoms with Gasteiger partial charge in [0.1, 0.15) is 0 Å². The summed E-state index contributed by atoms with van der Waals surface area (Å²) >= 11 is 3.47. The van der Waals surface area contributed by atoms with Crippen molar-refractivity contribution in [3.63, 3.8) is 0 Å². The third-order valence-electron chi connectivity index (χ3n) is 3.68. The molecule has 0 aliphatic heterocycles. The Morgan fingerprint density at radius 1 is 1.33 bits per heavy atom. The molecular weight excluding hydrogens is 334 g/mol. The molecule has 0 bridgehead atoms. The summed E-state index contributed by atoms with van der Waals surface area (Å²) in [5.41, 5.74) is 0.751. The molecule has 0 radical (unpaired) electrons. The highest BCUT2D eigenvalue weighted by molar-refractivity contribution is 9.10. The van der Waals surface area contributed by atoms with E-state index in [0.29, 0.717) is 24.7 Å². The molecule has 0 amide bonds. The maximum atomic E-state index is 9.12. The van der Waals surface area contributed by atoms with Gasteiger partial charge in [0.2, 0.25) is 11.8 Å². The number of aromatic nitrogens is 2. The van der Waals surface area contributed by atoms with Gasteiger partial charge >= 0.3 is 0 Å². The Morgan fingerprint density at radius 3 is 2.76 bits per heavy atom. The Balaban J connectivity index is 2.06. The van der Waals surface area contributed by atoms with Crippen LogP contribution < -0.4 is 5.32 Å². The first kappa shape index (κ1) is 16.1. The van der Waals surface area contributed by atoms with Gasteiger partial charge in [0.05, 0.1) is 12.1 Å². The third-order valence-corrected chi connectivity index (χ3v) is 4.37. The van der Waals surface area contributed by atoms with Crippen molar-refractivity contribution in [2.24, 2.45) is 0 Å². The van der Waals surface area contributed by atoms with Crippen molar-refractivity contribution in [2.75, 3.05) is 6.61 Å². The molecule has 2 aromatic rings. The molecule has 0 aliphatic rings. The standard InChI is InChI=1S/C15H20BrN3O2/c1-3-15(2,8-9-20)17-10-13-18-19-14(21-13)11-6-4-5-7-12(11)16/h4-7,17,20H,3,8-10H2,1-2H3. The Labute approximate surface area is 132 Å². The van der Waals surface area contributed by atoms with Crippen LogP contribution in [0.2, 0.25) is 0 Å². The molecule has 0 aliphatic carbocycles. The van der Waals surface area contributed by atoms with Gasteiger partial charge in [-0.25, -0.2) is 0 Å². The Kier molecular flexibility index (Phi) is 5.50. The van der Waals surface area contributed by atoms with E-state index in [9.17, 15) is 0 Å². The molecule has 2 rings (SSSR count). The van der Waals surface area contributed by atoms with E-state index in [1.807, 2.05) is 24.3 Å². The average Bonchev–Trinajstić information content (AvgIpc) is 2.95. The van der Waals surface area contributed by atoms with Crippen molar-refractivity contribution >= 4 is 15.9 Å². The molecule has 0 spiro atoms. The normalized spacial score (nSPS) is 14.1. The van der Waals surface area contributed by atoms with E-state index in [1.54, 1.807) is 0 Å². The Hall–Kier alpha value is -1.24. The minimum atomic E-state index is -0.128. The maximum absolute atomic E-state index is 9.12. The number of nitrogens with zero attached hydrogens (tertiary/aromatic N) is 2. The molecule has 0 saturated heterocycles. The summed E-state index contributed by atoms with van der Waals surface area (Å²) in [7, 11) is 0. The van der Waals surface area contributed by atoms with E-state index in [4.69, 9.17) is 9.52 Å². The van der Waals surface area contributed by atoms with Crippen molar-refractivity contribution < 1.29 is 9.52 Å². The first-order chi connectivity index (χ1) is 10.1. The summed E-state index contributed by atoms with van der Waals surface area (Å²) in [5.74, 6) is 1.04. The molecule has 1 atom stereocenters. The van der Waals surface area contributed by atoms with Crippen molar-refractivity contribution in [3.8, 4) is 11.5 Å². The van der Waals surface area contributed by atoms with E-state index in [2.05, 4.69) is 45.3 Å². The average molecular weight is 354 g/mol. The predicted octanol–water partition coefficient (Wildman–Crippen LogP) is 3.14. The second-order valence-electron chi connectivity index (χ2n) is 5.22. The second-order valence-corrected chi connectivity index (χ2v) is 6.08. The zero-order valence-corrected chi connectivity index (χ0v) is 13.9. The highest BCUT2D eigenvalue weighted by atomic mass is 79.9. The second kappa shape index (κ2) is 7.15. The number of halogens is 1. The zero-order chi connectivity index (χ0) is 15.3. The largest absolute Gasteiger partial charge is 0.419 e. The van der Waals surface area contributed by atoms with Gasteiger partial charge in [-0.3, -0.25) is 0 Å². The molecule has 0 fully saturated rings. The maximum Gasteiger partial charge on any atom is 0.248 e. The first-order valence-corrected chi connectivity index (χ1v) is 7.80. The molecule has 1 aromatic heterocycles. The van der Waals surface area contributed by atoms with Gasteiger partial charge in [0.15, 0.2) is 0 Å². The third kappa shape index (κ3) is 4.12. The lowest BCUT2D eigenvalue weighted by molar-refractivity contribution is 0.211. The fourth-order valence-corrected chi connectivity index (χ4v) is 2.45. The van der Waals surface area contributed by atoms with Crippen LogP contribution in [0, 0.1) is 0 Å². The molecule has 21 heavy (non-hydrogen) atoms. The van der Waals surface area contributed by atoms with Gasteiger partial charge < -0.3 is 14.8 Å². The number of nitrogens with one attached hydrogen (secondary N) is 1. The number of hydrogen-bond acceptors (Lipinski definition) is 5. The van der Waals surface area contributed by atoms with E-state index in [0.717, 1.165) is 16.5 Å². The predicted molar refractivity (Wildman–Crippen MR) is 84.7 cm³/mol. The molecule has 2 N–H and O–H groups in total. The number of aliphatic hydroxyl groups is 1. The van der Waals surface area contributed by atoms with Crippen molar-refractivity contribution in [2.45, 2.75) is 38.8 Å². The van der Waals surface area contributed by atoms with Gasteiger partial charge in [-0.05, 0) is 47.8 Å². The number of rotatable bonds is 7. The van der Waals surface area contributed by atoms with Gasteiger partial charge in [-0.15, -0.1) is 10.2 Å². The molecule has 1 aromatic carbocycles. The lowest BCUT2D eigenvalue weighted by Gasteiger charge is -2.28. The van der Waals surface area contributed by atoms with Gasteiger partial charge in [-0.2, -0.15) is 0 Å². The lowest BCUT2D eigenvalue weighted by Crippen LogP contribution is -2.42. The van der Waals surface area contributed by atoms with E-state index < -0.39 is 0 Å². The van der Waals surface area contributed by atoms with Crippen LogP contribution in [0.3, 0.4) is 0 Å². The number of benzene rings is 1. The van der Waals surface area contributed by atoms with Crippen LogP contribution in [0.15, 0.2) is 33.2 Å². The van der Waals surface area contributed by atoms with Crippen LogP contribution in [0.4, 0.5) is 0 Å². The molecule has 1 unspecified atom stereocenters. The van der Waals surface area contributed by atoms with Crippen LogP contribution in [0.5, 0.6) is 0 Å². The fourth-order valence-electron chi connectivity index (χ4n) is 1.99. The Bertz CT molecular complexity index is 588. The van der Waals surface area contributed by atoms with Crippen LogP contribution in [-0.2, 0) is 6.54 Å². The zero-order valence-electron chi connectivity index (χ0n) is 12.3. The molecule has 114 valence electrons. The molecule has 0 saturated carbocycles.